The number of aromatic amines is 1. The molecule has 8 heteroatoms. The van der Waals surface area contributed by atoms with Crippen LogP contribution in [-0.4, -0.2) is 51.1 Å². The molecule has 0 saturated carbocycles. The molecule has 1 aromatic rings. The van der Waals surface area contributed by atoms with E-state index >= 15 is 0 Å². The molecule has 3 N–H and O–H groups in total. The quantitative estimate of drug-likeness (QED) is 0.733. The molecule has 2 amide bonds. The van der Waals surface area contributed by atoms with E-state index in [0.717, 1.165) is 0 Å². The molecule has 1 saturated heterocycles. The Morgan fingerprint density at radius 3 is 2.86 bits per heavy atom. The summed E-state index contributed by atoms with van der Waals surface area (Å²) in [5, 5.41) is 17.3. The largest absolute Gasteiger partial charge is 0.477 e. The molecule has 21 heavy (non-hydrogen) atoms. The highest BCUT2D eigenvalue weighted by Gasteiger charge is 2.34. The predicted molar refractivity (Wildman–Crippen MR) is 73.7 cm³/mol. The van der Waals surface area contributed by atoms with E-state index in [2.05, 4.69) is 15.5 Å². The highest BCUT2D eigenvalue weighted by atomic mass is 16.4. The van der Waals surface area contributed by atoms with Gasteiger partial charge in [-0.25, -0.2) is 4.79 Å². The van der Waals surface area contributed by atoms with Crippen LogP contribution in [0.5, 0.6) is 0 Å². The third-order valence-electron chi connectivity index (χ3n) is 3.23. The first-order valence-electron chi connectivity index (χ1n) is 6.74. The van der Waals surface area contributed by atoms with Crippen molar-refractivity contribution in [2.24, 2.45) is 11.8 Å². The monoisotopic (exact) mass is 294 g/mol. The fraction of sp³-hybridized carbons (Fsp3) is 0.538. The number of rotatable bonds is 5. The van der Waals surface area contributed by atoms with Crippen LogP contribution in [0.4, 0.5) is 5.82 Å². The zero-order valence-corrected chi connectivity index (χ0v) is 11.9. The van der Waals surface area contributed by atoms with Gasteiger partial charge in [0, 0.05) is 25.6 Å². The molecular formula is C13H18N4O4. The standard InChI is InChI=1S/C13H18N4O4/c1-7(2)5-17-6-8(3-11(17)18)12(19)14-10-4-9(13(20)21)15-16-10/h4,7-8H,3,5-6H2,1-2H3,(H,20,21)(H2,14,15,16,19). The van der Waals surface area contributed by atoms with E-state index in [9.17, 15) is 14.4 Å². The van der Waals surface area contributed by atoms with Crippen molar-refractivity contribution in [1.82, 2.24) is 15.1 Å². The Morgan fingerprint density at radius 2 is 2.29 bits per heavy atom. The number of nitrogens with zero attached hydrogens (tertiary/aromatic N) is 2. The minimum Gasteiger partial charge on any atom is -0.477 e. The SMILES string of the molecule is CC(C)CN1CC(C(=O)Nc2cc(C(=O)O)[nH]n2)CC1=O. The minimum atomic E-state index is -1.15. The van der Waals surface area contributed by atoms with Gasteiger partial charge in [0.2, 0.25) is 11.8 Å². The molecule has 1 aliphatic heterocycles. The van der Waals surface area contributed by atoms with E-state index in [0.29, 0.717) is 19.0 Å². The number of hydrogen-bond acceptors (Lipinski definition) is 4. The number of carboxylic acids is 1. The molecule has 2 rings (SSSR count). The van der Waals surface area contributed by atoms with Crippen LogP contribution in [0.25, 0.3) is 0 Å². The second-order valence-corrected chi connectivity index (χ2v) is 5.55. The molecule has 8 nitrogen and oxygen atoms in total. The summed E-state index contributed by atoms with van der Waals surface area (Å²) in [5.74, 6) is -1.44. The van der Waals surface area contributed by atoms with Gasteiger partial charge in [0.05, 0.1) is 5.92 Å². The van der Waals surface area contributed by atoms with Gasteiger partial charge in [-0.05, 0) is 5.92 Å². The highest BCUT2D eigenvalue weighted by Crippen LogP contribution is 2.20. The highest BCUT2D eigenvalue weighted by molar-refractivity contribution is 5.97. The lowest BCUT2D eigenvalue weighted by Crippen LogP contribution is -2.31. The van der Waals surface area contributed by atoms with Crippen LogP contribution in [0.1, 0.15) is 30.8 Å². The maximum absolute atomic E-state index is 12.1. The van der Waals surface area contributed by atoms with Gasteiger partial charge in [0.25, 0.3) is 0 Å². The summed E-state index contributed by atoms with van der Waals surface area (Å²) in [4.78, 5) is 36.3. The smallest absolute Gasteiger partial charge is 0.353 e. The Bertz CT molecular complexity index is 566. The number of likely N-dealkylation sites (tertiary alicyclic amines) is 1. The number of aromatic nitrogens is 2. The molecule has 2 heterocycles. The van der Waals surface area contributed by atoms with Gasteiger partial charge in [0.1, 0.15) is 5.69 Å². The predicted octanol–water partition coefficient (Wildman–Crippen LogP) is 0.551. The Labute approximate surface area is 121 Å². The third kappa shape index (κ3) is 3.59. The van der Waals surface area contributed by atoms with Gasteiger partial charge in [-0.15, -0.1) is 0 Å². The molecule has 0 radical (unpaired) electrons. The van der Waals surface area contributed by atoms with Crippen molar-refractivity contribution in [3.63, 3.8) is 0 Å². The topological polar surface area (TPSA) is 115 Å². The van der Waals surface area contributed by atoms with E-state index in [4.69, 9.17) is 5.11 Å². The van der Waals surface area contributed by atoms with Crippen molar-refractivity contribution in [1.29, 1.82) is 0 Å². The van der Waals surface area contributed by atoms with E-state index in [1.165, 1.54) is 6.07 Å². The van der Waals surface area contributed by atoms with Crippen LogP contribution < -0.4 is 5.32 Å². The second kappa shape index (κ2) is 5.94. The Morgan fingerprint density at radius 1 is 1.57 bits per heavy atom. The summed E-state index contributed by atoms with van der Waals surface area (Å²) in [6.07, 6.45) is 0.175. The molecule has 1 atom stereocenters. The molecule has 0 aromatic carbocycles. The van der Waals surface area contributed by atoms with Crippen molar-refractivity contribution in [3.05, 3.63) is 11.8 Å². The van der Waals surface area contributed by atoms with Crippen LogP contribution >= 0.6 is 0 Å². The van der Waals surface area contributed by atoms with Crippen LogP contribution in [0, 0.1) is 11.8 Å². The number of H-pyrrole nitrogens is 1. The minimum absolute atomic E-state index is 0.0305. The van der Waals surface area contributed by atoms with Gasteiger partial charge in [0.15, 0.2) is 5.82 Å². The van der Waals surface area contributed by atoms with Crippen LogP contribution in [-0.2, 0) is 9.59 Å². The molecule has 1 aliphatic rings. The number of nitrogens with one attached hydrogen (secondary N) is 2. The lowest BCUT2D eigenvalue weighted by molar-refractivity contribution is -0.128. The van der Waals surface area contributed by atoms with Gasteiger partial charge in [-0.2, -0.15) is 5.10 Å². The Balaban J connectivity index is 1.94. The first kappa shape index (κ1) is 15.0. The van der Waals surface area contributed by atoms with Crippen LogP contribution in [0.15, 0.2) is 6.07 Å². The fourth-order valence-electron chi connectivity index (χ4n) is 2.29. The van der Waals surface area contributed by atoms with Gasteiger partial charge in [-0.1, -0.05) is 13.8 Å². The third-order valence-corrected chi connectivity index (χ3v) is 3.23. The van der Waals surface area contributed by atoms with E-state index in [1.807, 2.05) is 13.8 Å². The molecule has 1 unspecified atom stereocenters. The molecule has 0 spiro atoms. The second-order valence-electron chi connectivity index (χ2n) is 5.55. The lowest BCUT2D eigenvalue weighted by atomic mass is 10.1. The van der Waals surface area contributed by atoms with Gasteiger partial charge < -0.3 is 15.3 Å². The number of amides is 2. The first-order valence-corrected chi connectivity index (χ1v) is 6.74. The number of aromatic carboxylic acids is 1. The zero-order chi connectivity index (χ0) is 15.6. The van der Waals surface area contributed by atoms with Crippen molar-refractivity contribution < 1.29 is 19.5 Å². The van der Waals surface area contributed by atoms with Crippen molar-refractivity contribution in [3.8, 4) is 0 Å². The Hall–Kier alpha value is -2.38. The fourth-order valence-corrected chi connectivity index (χ4v) is 2.29. The summed E-state index contributed by atoms with van der Waals surface area (Å²) < 4.78 is 0. The lowest BCUT2D eigenvalue weighted by Gasteiger charge is -2.18. The van der Waals surface area contributed by atoms with E-state index in [-0.39, 0.29) is 29.7 Å². The molecular weight excluding hydrogens is 276 g/mol. The zero-order valence-electron chi connectivity index (χ0n) is 11.9. The molecule has 1 aromatic heterocycles. The van der Waals surface area contributed by atoms with E-state index in [1.54, 1.807) is 4.90 Å². The van der Waals surface area contributed by atoms with Crippen molar-refractivity contribution in [2.45, 2.75) is 20.3 Å². The molecule has 0 aliphatic carbocycles. The van der Waals surface area contributed by atoms with E-state index < -0.39 is 11.9 Å². The molecule has 1 fully saturated rings. The molecule has 114 valence electrons. The average molecular weight is 294 g/mol. The Kier molecular flexibility index (Phi) is 4.25. The number of carbonyl (C=O) groups excluding carboxylic acids is 2. The van der Waals surface area contributed by atoms with Gasteiger partial charge >= 0.3 is 5.97 Å². The maximum atomic E-state index is 12.1. The van der Waals surface area contributed by atoms with Crippen molar-refractivity contribution >= 4 is 23.6 Å². The normalized spacial score (nSPS) is 18.3. The summed E-state index contributed by atoms with van der Waals surface area (Å²) in [5.41, 5.74) is -0.103. The number of hydrogen-bond donors (Lipinski definition) is 3. The summed E-state index contributed by atoms with van der Waals surface area (Å²) >= 11 is 0. The number of anilines is 1. The maximum Gasteiger partial charge on any atom is 0.353 e. The van der Waals surface area contributed by atoms with Crippen LogP contribution in [0.3, 0.4) is 0 Å². The number of carboxylic acid groups (broad SMARTS) is 1. The summed E-state index contributed by atoms with van der Waals surface area (Å²) in [6.45, 7) is 5.04. The average Bonchev–Trinajstić information content (AvgIpc) is 2.97. The van der Waals surface area contributed by atoms with Crippen molar-refractivity contribution in [2.75, 3.05) is 18.4 Å². The molecule has 0 bridgehead atoms. The van der Waals surface area contributed by atoms with Gasteiger partial charge in [-0.3, -0.25) is 14.7 Å². The number of carbonyl (C=O) groups is 3. The first-order chi connectivity index (χ1) is 9.86. The summed E-state index contributed by atoms with van der Waals surface area (Å²) in [7, 11) is 0. The summed E-state index contributed by atoms with van der Waals surface area (Å²) in [6, 6.07) is 1.24. The van der Waals surface area contributed by atoms with Crippen LogP contribution in [0.2, 0.25) is 0 Å².